The fraction of sp³-hybridized carbons (Fsp3) is 0.355. The minimum Gasteiger partial charge on any atom is -0.491 e. The van der Waals surface area contributed by atoms with Crippen molar-refractivity contribution in [1.82, 2.24) is 10.2 Å². The smallest absolute Gasteiger partial charge is 0.251 e. The minimum atomic E-state index is -0.950. The number of hydrogen-bond donors (Lipinski definition) is 1. The third-order valence-corrected chi connectivity index (χ3v) is 8.58. The van der Waals surface area contributed by atoms with Gasteiger partial charge in [-0.05, 0) is 61.3 Å². The molecule has 200 valence electrons. The molecule has 4 aliphatic rings. The first-order valence-electron chi connectivity index (χ1n) is 13.7. The van der Waals surface area contributed by atoms with Crippen molar-refractivity contribution >= 4 is 17.5 Å². The number of nitrogens with one attached hydrogen (secondary N) is 1. The number of ether oxygens (including phenoxy) is 3. The summed E-state index contributed by atoms with van der Waals surface area (Å²) in [6, 6.07) is 19.5. The third-order valence-electron chi connectivity index (χ3n) is 8.58. The van der Waals surface area contributed by atoms with Gasteiger partial charge in [0.2, 0.25) is 12.7 Å². The van der Waals surface area contributed by atoms with Crippen molar-refractivity contribution in [2.45, 2.75) is 37.8 Å². The molecule has 8 heteroatoms. The van der Waals surface area contributed by atoms with Crippen LogP contribution in [0.2, 0.25) is 0 Å². The second-order valence-corrected chi connectivity index (χ2v) is 10.6. The van der Waals surface area contributed by atoms with Crippen LogP contribution in [0, 0.1) is 0 Å². The molecular weight excluding hydrogens is 494 g/mol. The van der Waals surface area contributed by atoms with E-state index in [1.165, 1.54) is 6.42 Å². The van der Waals surface area contributed by atoms with E-state index < -0.39 is 5.41 Å². The lowest BCUT2D eigenvalue weighted by Gasteiger charge is -2.24. The number of carbonyl (C=O) groups excluding carboxylic acids is 2. The molecule has 0 radical (unpaired) electrons. The van der Waals surface area contributed by atoms with E-state index in [2.05, 4.69) is 17.1 Å². The Bertz CT molecular complexity index is 1470. The van der Waals surface area contributed by atoms with Crippen LogP contribution in [0.25, 0.3) is 0 Å². The van der Waals surface area contributed by atoms with Gasteiger partial charge in [-0.1, -0.05) is 37.3 Å². The lowest BCUT2D eigenvalue weighted by molar-refractivity contribution is -0.122. The predicted octanol–water partition coefficient (Wildman–Crippen LogP) is 3.85. The zero-order chi connectivity index (χ0) is 26.6. The summed E-state index contributed by atoms with van der Waals surface area (Å²) < 4.78 is 17.2. The van der Waals surface area contributed by atoms with Gasteiger partial charge in [-0.15, -0.1) is 0 Å². The molecule has 1 fully saturated rings. The number of likely N-dealkylation sites (N-methyl/N-ethyl adjacent to an activating group) is 1. The van der Waals surface area contributed by atoms with E-state index in [1.807, 2.05) is 65.6 Å². The van der Waals surface area contributed by atoms with Crippen LogP contribution < -0.4 is 24.4 Å². The first kappa shape index (κ1) is 24.0. The number of fused-ring (bicyclic) bond motifs is 5. The molecule has 8 nitrogen and oxygen atoms in total. The van der Waals surface area contributed by atoms with E-state index in [1.54, 1.807) is 0 Å². The van der Waals surface area contributed by atoms with Crippen molar-refractivity contribution in [2.75, 3.05) is 37.9 Å². The van der Waals surface area contributed by atoms with Crippen LogP contribution in [0.5, 0.6) is 17.2 Å². The number of benzene rings is 3. The van der Waals surface area contributed by atoms with Gasteiger partial charge in [0.05, 0.1) is 6.54 Å². The van der Waals surface area contributed by atoms with Crippen LogP contribution >= 0.6 is 0 Å². The van der Waals surface area contributed by atoms with Crippen molar-refractivity contribution in [3.8, 4) is 17.2 Å². The average Bonchev–Trinajstić information content (AvgIpc) is 3.74. The van der Waals surface area contributed by atoms with Gasteiger partial charge < -0.3 is 24.4 Å². The molecule has 2 atom stereocenters. The number of rotatable bonds is 6. The summed E-state index contributed by atoms with van der Waals surface area (Å²) in [5.41, 5.74) is 3.11. The summed E-state index contributed by atoms with van der Waals surface area (Å²) >= 11 is 0. The van der Waals surface area contributed by atoms with Crippen molar-refractivity contribution in [3.05, 3.63) is 82.9 Å². The number of hydrogen-bond acceptors (Lipinski definition) is 6. The fourth-order valence-electron chi connectivity index (χ4n) is 6.57. The summed E-state index contributed by atoms with van der Waals surface area (Å²) in [4.78, 5) is 31.5. The van der Waals surface area contributed by atoms with Crippen LogP contribution in [-0.2, 0) is 16.8 Å². The molecule has 4 aliphatic heterocycles. The highest BCUT2D eigenvalue weighted by Crippen LogP contribution is 2.55. The maximum atomic E-state index is 14.3. The molecule has 1 saturated heterocycles. The SMILES string of the molecule is CCN1CCCC1CNC(=O)c1cccc(CN2C(=O)C3(COc4cc5c(cc43)OCO5)c3ccccc32)c1. The molecule has 3 aromatic carbocycles. The fourth-order valence-corrected chi connectivity index (χ4v) is 6.57. The second-order valence-electron chi connectivity index (χ2n) is 10.6. The quantitative estimate of drug-likeness (QED) is 0.527. The highest BCUT2D eigenvalue weighted by Gasteiger charge is 2.57. The second kappa shape index (κ2) is 9.31. The Kier molecular flexibility index (Phi) is 5.74. The zero-order valence-corrected chi connectivity index (χ0v) is 21.9. The average molecular weight is 526 g/mol. The minimum absolute atomic E-state index is 0.0444. The van der Waals surface area contributed by atoms with Crippen LogP contribution in [0.4, 0.5) is 5.69 Å². The number of amides is 2. The Labute approximate surface area is 227 Å². The molecular formula is C31H31N3O5. The summed E-state index contributed by atoms with van der Waals surface area (Å²) in [7, 11) is 0. The first-order valence-corrected chi connectivity index (χ1v) is 13.7. The van der Waals surface area contributed by atoms with E-state index in [0.29, 0.717) is 41.9 Å². The molecule has 7 rings (SSSR count). The third kappa shape index (κ3) is 3.77. The van der Waals surface area contributed by atoms with E-state index >= 15 is 0 Å². The van der Waals surface area contributed by atoms with Crippen molar-refractivity contribution in [1.29, 1.82) is 0 Å². The van der Waals surface area contributed by atoms with Crippen molar-refractivity contribution in [2.24, 2.45) is 0 Å². The number of anilines is 1. The van der Waals surface area contributed by atoms with Gasteiger partial charge in [0.1, 0.15) is 17.8 Å². The van der Waals surface area contributed by atoms with Gasteiger partial charge in [-0.25, -0.2) is 0 Å². The number of carbonyl (C=O) groups is 2. The first-order chi connectivity index (χ1) is 19.1. The zero-order valence-electron chi connectivity index (χ0n) is 21.9. The van der Waals surface area contributed by atoms with Gasteiger partial charge in [0, 0.05) is 35.5 Å². The van der Waals surface area contributed by atoms with E-state index in [9.17, 15) is 9.59 Å². The molecule has 39 heavy (non-hydrogen) atoms. The summed E-state index contributed by atoms with van der Waals surface area (Å²) in [5.74, 6) is 1.77. The molecule has 3 aromatic rings. The molecule has 0 saturated carbocycles. The van der Waals surface area contributed by atoms with Gasteiger partial charge in [-0.3, -0.25) is 14.5 Å². The van der Waals surface area contributed by atoms with Crippen LogP contribution in [-0.4, -0.2) is 55.8 Å². The van der Waals surface area contributed by atoms with E-state index in [0.717, 1.165) is 41.9 Å². The highest BCUT2D eigenvalue weighted by molar-refractivity contribution is 6.11. The van der Waals surface area contributed by atoms with Gasteiger partial charge >= 0.3 is 0 Å². The topological polar surface area (TPSA) is 80.3 Å². The van der Waals surface area contributed by atoms with E-state index in [4.69, 9.17) is 14.2 Å². The molecule has 4 heterocycles. The standard InChI is InChI=1S/C31H31N3O5/c1-2-33-12-6-9-22(33)16-32-29(35)21-8-5-7-20(13-21)17-34-25-11-4-3-10-23(25)31(30(34)36)18-37-26-15-28-27(14-24(26)31)38-19-39-28/h3-5,7-8,10-11,13-15,22H,2,6,9,12,16-19H2,1H3,(H,32,35). The normalized spacial score (nSPS) is 22.7. The molecule has 2 unspecified atom stereocenters. The largest absolute Gasteiger partial charge is 0.491 e. The Balaban J connectivity index is 1.15. The van der Waals surface area contributed by atoms with E-state index in [-0.39, 0.29) is 25.2 Å². The maximum Gasteiger partial charge on any atom is 0.251 e. The number of nitrogens with zero attached hydrogens (tertiary/aromatic N) is 2. The number of likely N-dealkylation sites (tertiary alicyclic amines) is 1. The van der Waals surface area contributed by atoms with Gasteiger partial charge in [0.25, 0.3) is 5.91 Å². The van der Waals surface area contributed by atoms with Gasteiger partial charge in [0.15, 0.2) is 11.5 Å². The predicted molar refractivity (Wildman–Crippen MR) is 146 cm³/mol. The Morgan fingerprint density at radius 1 is 1.00 bits per heavy atom. The number of para-hydroxylation sites is 1. The molecule has 1 N–H and O–H groups in total. The van der Waals surface area contributed by atoms with Crippen LogP contribution in [0.3, 0.4) is 0 Å². The Morgan fingerprint density at radius 3 is 2.72 bits per heavy atom. The summed E-state index contributed by atoms with van der Waals surface area (Å²) in [5, 5.41) is 3.12. The van der Waals surface area contributed by atoms with Crippen molar-refractivity contribution < 1.29 is 23.8 Å². The summed E-state index contributed by atoms with van der Waals surface area (Å²) in [6.45, 7) is 5.63. The highest BCUT2D eigenvalue weighted by atomic mass is 16.7. The van der Waals surface area contributed by atoms with Gasteiger partial charge in [-0.2, -0.15) is 0 Å². The molecule has 0 aliphatic carbocycles. The molecule has 1 spiro atoms. The Hall–Kier alpha value is -4.04. The van der Waals surface area contributed by atoms with Crippen molar-refractivity contribution in [3.63, 3.8) is 0 Å². The van der Waals surface area contributed by atoms with Crippen LogP contribution in [0.15, 0.2) is 60.7 Å². The molecule has 2 amide bonds. The molecule has 0 aromatic heterocycles. The monoisotopic (exact) mass is 525 g/mol. The lowest BCUT2D eigenvalue weighted by atomic mass is 9.77. The summed E-state index contributed by atoms with van der Waals surface area (Å²) in [6.07, 6.45) is 2.29. The maximum absolute atomic E-state index is 14.3. The molecule has 0 bridgehead atoms. The van der Waals surface area contributed by atoms with Crippen LogP contribution in [0.1, 0.15) is 46.8 Å². The Morgan fingerprint density at radius 2 is 1.85 bits per heavy atom. The lowest BCUT2D eigenvalue weighted by Crippen LogP contribution is -2.42.